The van der Waals surface area contributed by atoms with Gasteiger partial charge in [0.1, 0.15) is 0 Å². The Balaban J connectivity index is 1.44. The Kier molecular flexibility index (Phi) is 7.87. The van der Waals surface area contributed by atoms with Crippen LogP contribution in [0, 0.1) is 0 Å². The van der Waals surface area contributed by atoms with Gasteiger partial charge in [-0.05, 0) is 64.3 Å². The molecule has 0 fully saturated rings. The number of benzene rings is 2. The number of hydrogen-bond donors (Lipinski definition) is 0. The highest BCUT2D eigenvalue weighted by Gasteiger charge is 2.13. The van der Waals surface area contributed by atoms with Crippen LogP contribution in [0.3, 0.4) is 0 Å². The van der Waals surface area contributed by atoms with Crippen molar-refractivity contribution in [3.63, 3.8) is 0 Å². The van der Waals surface area contributed by atoms with Gasteiger partial charge in [0.05, 0.1) is 11.0 Å². The molecular formula is C28H32N4O4. The van der Waals surface area contributed by atoms with Crippen LogP contribution in [-0.4, -0.2) is 72.5 Å². The number of likely N-dealkylation sites (N-methyl/N-ethyl adjacent to an activating group) is 2. The maximum atomic E-state index is 12.5. The van der Waals surface area contributed by atoms with E-state index in [9.17, 15) is 9.59 Å². The fourth-order valence-corrected chi connectivity index (χ4v) is 4.06. The summed E-state index contributed by atoms with van der Waals surface area (Å²) >= 11 is 0. The van der Waals surface area contributed by atoms with Crippen LogP contribution in [-0.2, 0) is 22.4 Å². The molecule has 4 rings (SSSR count). The Hall–Kier alpha value is -3.88. The summed E-state index contributed by atoms with van der Waals surface area (Å²) in [5.74, 6) is -1.34. The van der Waals surface area contributed by atoms with Crippen LogP contribution in [0.25, 0.3) is 21.8 Å². The van der Waals surface area contributed by atoms with Crippen LogP contribution in [0.5, 0.6) is 0 Å². The second-order valence-corrected chi connectivity index (χ2v) is 9.26. The number of para-hydroxylation sites is 2. The third kappa shape index (κ3) is 6.02. The van der Waals surface area contributed by atoms with E-state index in [1.807, 2.05) is 89.1 Å². The lowest BCUT2D eigenvalue weighted by Crippen LogP contribution is -2.19. The molecule has 2 aromatic heterocycles. The zero-order chi connectivity index (χ0) is 25.7. The van der Waals surface area contributed by atoms with E-state index in [1.54, 1.807) is 0 Å². The van der Waals surface area contributed by atoms with E-state index >= 15 is 0 Å². The summed E-state index contributed by atoms with van der Waals surface area (Å²) in [6, 6.07) is 15.5. The van der Waals surface area contributed by atoms with Crippen molar-refractivity contribution in [2.24, 2.45) is 0 Å². The maximum absolute atomic E-state index is 12.5. The van der Waals surface area contributed by atoms with Crippen molar-refractivity contribution in [3.05, 3.63) is 84.2 Å². The Labute approximate surface area is 210 Å². The van der Waals surface area contributed by atoms with Crippen LogP contribution in [0.4, 0.5) is 0 Å². The standard InChI is InChI=1S/C28H32N4O4/c1-29(2)17-15-21-19-31(25-11-7-5-9-23(21)25)35-27(33)13-14-28(34)36-32-20-22(16-18-30(3)4)24-10-6-8-12-26(24)32/h5-14,19-20H,15-18H2,1-4H3/b14-13+. The van der Waals surface area contributed by atoms with Gasteiger partial charge >= 0.3 is 11.9 Å². The largest absolute Gasteiger partial charge is 0.356 e. The molecule has 0 bridgehead atoms. The van der Waals surface area contributed by atoms with Crippen molar-refractivity contribution in [2.45, 2.75) is 12.8 Å². The van der Waals surface area contributed by atoms with E-state index in [-0.39, 0.29) is 0 Å². The van der Waals surface area contributed by atoms with Crippen LogP contribution in [0.15, 0.2) is 73.1 Å². The van der Waals surface area contributed by atoms with E-state index in [0.29, 0.717) is 0 Å². The Morgan fingerprint density at radius 1 is 0.694 bits per heavy atom. The molecular weight excluding hydrogens is 456 g/mol. The molecule has 0 saturated carbocycles. The summed E-state index contributed by atoms with van der Waals surface area (Å²) in [5, 5.41) is 2.06. The Bertz CT molecular complexity index is 1290. The van der Waals surface area contributed by atoms with Crippen molar-refractivity contribution in [1.29, 1.82) is 0 Å². The molecule has 2 aromatic carbocycles. The molecule has 0 spiro atoms. The van der Waals surface area contributed by atoms with Crippen LogP contribution in [0.1, 0.15) is 11.1 Å². The fourth-order valence-electron chi connectivity index (χ4n) is 4.06. The van der Waals surface area contributed by atoms with Crippen molar-refractivity contribution >= 4 is 33.7 Å². The molecule has 2 heterocycles. The number of aromatic nitrogens is 2. The molecule has 0 N–H and O–H groups in total. The molecule has 0 unspecified atom stereocenters. The molecule has 36 heavy (non-hydrogen) atoms. The van der Waals surface area contributed by atoms with E-state index in [4.69, 9.17) is 9.68 Å². The quantitative estimate of drug-likeness (QED) is 0.320. The number of carbonyl (C=O) groups is 2. The molecule has 0 amide bonds. The highest BCUT2D eigenvalue weighted by molar-refractivity contribution is 5.93. The smallest absolute Gasteiger partial charge is 0.332 e. The zero-order valence-electron chi connectivity index (χ0n) is 21.2. The molecule has 8 nitrogen and oxygen atoms in total. The first-order valence-corrected chi connectivity index (χ1v) is 11.9. The number of rotatable bonds is 10. The first kappa shape index (κ1) is 25.2. The lowest BCUT2D eigenvalue weighted by Gasteiger charge is -2.07. The molecule has 4 aromatic rings. The average Bonchev–Trinajstić information content (AvgIpc) is 3.38. The summed E-state index contributed by atoms with van der Waals surface area (Å²) in [6.45, 7) is 1.75. The van der Waals surface area contributed by atoms with Crippen molar-refractivity contribution < 1.29 is 19.3 Å². The summed E-state index contributed by atoms with van der Waals surface area (Å²) in [6.07, 6.45) is 7.44. The summed E-state index contributed by atoms with van der Waals surface area (Å²) in [5.41, 5.74) is 3.75. The zero-order valence-corrected chi connectivity index (χ0v) is 21.2. The van der Waals surface area contributed by atoms with Crippen LogP contribution < -0.4 is 9.68 Å². The van der Waals surface area contributed by atoms with E-state index in [2.05, 4.69) is 9.80 Å². The number of fused-ring (bicyclic) bond motifs is 2. The van der Waals surface area contributed by atoms with E-state index in [1.165, 1.54) is 9.46 Å². The average molecular weight is 489 g/mol. The van der Waals surface area contributed by atoms with Gasteiger partial charge in [0, 0.05) is 48.4 Å². The van der Waals surface area contributed by atoms with Gasteiger partial charge in [-0.25, -0.2) is 9.59 Å². The Morgan fingerprint density at radius 3 is 1.47 bits per heavy atom. The maximum Gasteiger partial charge on any atom is 0.356 e. The first-order valence-electron chi connectivity index (χ1n) is 11.9. The lowest BCUT2D eigenvalue weighted by molar-refractivity contribution is -0.140. The van der Waals surface area contributed by atoms with Crippen molar-refractivity contribution in [2.75, 3.05) is 41.3 Å². The van der Waals surface area contributed by atoms with Gasteiger partial charge in [0.15, 0.2) is 0 Å². The third-order valence-corrected chi connectivity index (χ3v) is 5.91. The van der Waals surface area contributed by atoms with Gasteiger partial charge in [-0.1, -0.05) is 36.4 Å². The van der Waals surface area contributed by atoms with Gasteiger partial charge in [-0.3, -0.25) is 0 Å². The third-order valence-electron chi connectivity index (χ3n) is 5.91. The highest BCUT2D eigenvalue weighted by atomic mass is 16.7. The summed E-state index contributed by atoms with van der Waals surface area (Å²) in [7, 11) is 8.07. The minimum Gasteiger partial charge on any atom is -0.332 e. The molecule has 188 valence electrons. The molecule has 0 atom stereocenters. The van der Waals surface area contributed by atoms with Crippen LogP contribution in [0.2, 0.25) is 0 Å². The monoisotopic (exact) mass is 488 g/mol. The normalized spacial score (nSPS) is 11.8. The second kappa shape index (κ2) is 11.2. The number of carbonyl (C=O) groups excluding carboxylic acids is 2. The predicted octanol–water partition coefficient (Wildman–Crippen LogP) is 2.97. The molecule has 8 heteroatoms. The minimum atomic E-state index is -0.670. The number of nitrogens with zero attached hydrogens (tertiary/aromatic N) is 4. The highest BCUT2D eigenvalue weighted by Crippen LogP contribution is 2.22. The van der Waals surface area contributed by atoms with Crippen molar-refractivity contribution in [1.82, 2.24) is 19.3 Å². The predicted molar refractivity (Wildman–Crippen MR) is 141 cm³/mol. The summed E-state index contributed by atoms with van der Waals surface area (Å²) in [4.78, 5) is 40.2. The Morgan fingerprint density at radius 2 is 1.08 bits per heavy atom. The number of hydrogen-bond acceptors (Lipinski definition) is 6. The molecule has 0 radical (unpaired) electrons. The van der Waals surface area contributed by atoms with E-state index < -0.39 is 11.9 Å². The molecule has 0 aliphatic heterocycles. The van der Waals surface area contributed by atoms with Crippen molar-refractivity contribution in [3.8, 4) is 0 Å². The van der Waals surface area contributed by atoms with Gasteiger partial charge < -0.3 is 19.5 Å². The van der Waals surface area contributed by atoms with Gasteiger partial charge in [-0.15, -0.1) is 0 Å². The van der Waals surface area contributed by atoms with Gasteiger partial charge in [0.25, 0.3) is 0 Å². The van der Waals surface area contributed by atoms with E-state index in [0.717, 1.165) is 71.0 Å². The molecule has 0 aliphatic carbocycles. The SMILES string of the molecule is CN(C)CCc1cn(OC(=O)/C=C/C(=O)On2cc(CCN(C)C)c3ccccc32)c2ccccc12. The second-order valence-electron chi connectivity index (χ2n) is 9.26. The topological polar surface area (TPSA) is 68.9 Å². The first-order chi connectivity index (χ1) is 17.3. The lowest BCUT2D eigenvalue weighted by atomic mass is 10.1. The van der Waals surface area contributed by atoms with Gasteiger partial charge in [0.2, 0.25) is 0 Å². The molecule has 0 aliphatic rings. The van der Waals surface area contributed by atoms with Crippen LogP contribution >= 0.6 is 0 Å². The van der Waals surface area contributed by atoms with Gasteiger partial charge in [-0.2, -0.15) is 9.46 Å². The summed E-state index contributed by atoms with van der Waals surface area (Å²) < 4.78 is 2.91. The molecule has 0 saturated heterocycles. The fraction of sp³-hybridized carbons (Fsp3) is 0.286. The minimum absolute atomic E-state index is 0.670.